The second kappa shape index (κ2) is 4.34. The molecule has 1 heterocycles. The summed E-state index contributed by atoms with van der Waals surface area (Å²) in [6, 6.07) is -0.911. The number of aliphatic carboxylic acids is 1. The fourth-order valence-corrected chi connectivity index (χ4v) is 1.43. The fraction of sp³-hybridized carbons (Fsp3) is 0.500. The Kier molecular flexibility index (Phi) is 3.31. The Balaban J connectivity index is 2.93. The first-order valence-corrected chi connectivity index (χ1v) is 4.88. The van der Waals surface area contributed by atoms with Crippen LogP contribution in [0.2, 0.25) is 0 Å². The molecule has 6 heteroatoms. The minimum absolute atomic E-state index is 0.405. The minimum Gasteiger partial charge on any atom is -0.480 e. The van der Waals surface area contributed by atoms with Crippen molar-refractivity contribution in [1.29, 1.82) is 0 Å². The molecule has 0 aromatic carbocycles. The zero-order valence-electron chi connectivity index (χ0n) is 9.74. The Bertz CT molecular complexity index is 437. The molecule has 0 spiro atoms. The maximum atomic E-state index is 11.8. The SMILES string of the molecule is Cc1nn(C)c(C)c1C(=O)N[C@H](C)C(=O)O. The van der Waals surface area contributed by atoms with E-state index in [1.165, 1.54) is 6.92 Å². The summed E-state index contributed by atoms with van der Waals surface area (Å²) in [5, 5.41) is 15.2. The van der Waals surface area contributed by atoms with Gasteiger partial charge in [-0.25, -0.2) is 0 Å². The molecule has 1 aromatic rings. The van der Waals surface area contributed by atoms with E-state index >= 15 is 0 Å². The van der Waals surface area contributed by atoms with Crippen molar-refractivity contribution < 1.29 is 14.7 Å². The number of aromatic nitrogens is 2. The number of carboxylic acids is 1. The van der Waals surface area contributed by atoms with Crippen LogP contribution >= 0.6 is 0 Å². The summed E-state index contributed by atoms with van der Waals surface area (Å²) in [5.74, 6) is -1.47. The number of rotatable bonds is 3. The van der Waals surface area contributed by atoms with Crippen molar-refractivity contribution in [2.75, 3.05) is 0 Å². The molecule has 0 saturated carbocycles. The third-order valence-corrected chi connectivity index (χ3v) is 2.45. The number of amides is 1. The molecule has 1 rings (SSSR count). The number of hydrogen-bond acceptors (Lipinski definition) is 3. The van der Waals surface area contributed by atoms with Gasteiger partial charge in [-0.2, -0.15) is 5.10 Å². The second-order valence-electron chi connectivity index (χ2n) is 3.70. The van der Waals surface area contributed by atoms with Gasteiger partial charge in [0.1, 0.15) is 6.04 Å². The van der Waals surface area contributed by atoms with Crippen LogP contribution in [0.15, 0.2) is 0 Å². The van der Waals surface area contributed by atoms with Gasteiger partial charge < -0.3 is 10.4 Å². The maximum Gasteiger partial charge on any atom is 0.325 e. The Morgan fingerprint density at radius 1 is 1.44 bits per heavy atom. The molecule has 0 unspecified atom stereocenters. The molecule has 0 aliphatic carbocycles. The maximum absolute atomic E-state index is 11.8. The minimum atomic E-state index is -1.06. The molecule has 1 amide bonds. The van der Waals surface area contributed by atoms with Gasteiger partial charge in [-0.15, -0.1) is 0 Å². The molecule has 2 N–H and O–H groups in total. The molecular weight excluding hydrogens is 210 g/mol. The topological polar surface area (TPSA) is 84.2 Å². The molecule has 0 saturated heterocycles. The van der Waals surface area contributed by atoms with Gasteiger partial charge in [-0.05, 0) is 20.8 Å². The quantitative estimate of drug-likeness (QED) is 0.771. The zero-order valence-corrected chi connectivity index (χ0v) is 9.74. The van der Waals surface area contributed by atoms with Crippen LogP contribution in [0.25, 0.3) is 0 Å². The molecule has 6 nitrogen and oxygen atoms in total. The molecule has 1 aromatic heterocycles. The highest BCUT2D eigenvalue weighted by atomic mass is 16.4. The second-order valence-corrected chi connectivity index (χ2v) is 3.70. The van der Waals surface area contributed by atoms with E-state index in [0.29, 0.717) is 17.0 Å². The monoisotopic (exact) mass is 225 g/mol. The van der Waals surface area contributed by atoms with Crippen LogP contribution in [0.1, 0.15) is 28.7 Å². The van der Waals surface area contributed by atoms with Crippen LogP contribution in [-0.2, 0) is 11.8 Å². The van der Waals surface area contributed by atoms with E-state index in [1.807, 2.05) is 0 Å². The molecule has 88 valence electrons. The van der Waals surface area contributed by atoms with Gasteiger partial charge in [0.25, 0.3) is 5.91 Å². The Morgan fingerprint density at radius 2 is 2.00 bits per heavy atom. The van der Waals surface area contributed by atoms with Crippen LogP contribution in [0, 0.1) is 13.8 Å². The van der Waals surface area contributed by atoms with E-state index in [1.54, 1.807) is 25.6 Å². The first kappa shape index (κ1) is 12.2. The lowest BCUT2D eigenvalue weighted by atomic mass is 10.1. The predicted octanol–water partition coefficient (Wildman–Crippen LogP) is 0.240. The number of carbonyl (C=O) groups excluding carboxylic acids is 1. The smallest absolute Gasteiger partial charge is 0.325 e. The zero-order chi connectivity index (χ0) is 12.5. The van der Waals surface area contributed by atoms with Crippen molar-refractivity contribution in [3.63, 3.8) is 0 Å². The van der Waals surface area contributed by atoms with Gasteiger partial charge in [-0.3, -0.25) is 14.3 Å². The van der Waals surface area contributed by atoms with Crippen LogP contribution in [-0.4, -0.2) is 32.8 Å². The summed E-state index contributed by atoms with van der Waals surface area (Å²) in [6.07, 6.45) is 0. The van der Waals surface area contributed by atoms with E-state index in [9.17, 15) is 9.59 Å². The Labute approximate surface area is 93.3 Å². The molecule has 0 fully saturated rings. The van der Waals surface area contributed by atoms with Crippen molar-refractivity contribution >= 4 is 11.9 Å². The summed E-state index contributed by atoms with van der Waals surface area (Å²) < 4.78 is 1.59. The highest BCUT2D eigenvalue weighted by Gasteiger charge is 2.21. The number of nitrogens with zero attached hydrogens (tertiary/aromatic N) is 2. The van der Waals surface area contributed by atoms with E-state index in [-0.39, 0.29) is 0 Å². The normalized spacial score (nSPS) is 12.2. The first-order valence-electron chi connectivity index (χ1n) is 4.88. The van der Waals surface area contributed by atoms with Gasteiger partial charge in [0, 0.05) is 12.7 Å². The van der Waals surface area contributed by atoms with Crippen LogP contribution < -0.4 is 5.32 Å². The predicted molar refractivity (Wildman–Crippen MR) is 57.2 cm³/mol. The number of carboxylic acid groups (broad SMARTS) is 1. The van der Waals surface area contributed by atoms with Crippen molar-refractivity contribution in [2.45, 2.75) is 26.8 Å². The van der Waals surface area contributed by atoms with E-state index in [0.717, 1.165) is 0 Å². The van der Waals surface area contributed by atoms with Crippen molar-refractivity contribution in [1.82, 2.24) is 15.1 Å². The first-order chi connectivity index (χ1) is 7.34. The third kappa shape index (κ3) is 2.21. The summed E-state index contributed by atoms with van der Waals surface area (Å²) in [7, 11) is 1.74. The summed E-state index contributed by atoms with van der Waals surface area (Å²) in [4.78, 5) is 22.4. The molecule has 0 aliphatic rings. The van der Waals surface area contributed by atoms with Gasteiger partial charge in [0.2, 0.25) is 0 Å². The van der Waals surface area contributed by atoms with Crippen LogP contribution in [0.5, 0.6) is 0 Å². The third-order valence-electron chi connectivity index (χ3n) is 2.45. The molecule has 1 atom stereocenters. The number of aryl methyl sites for hydroxylation is 2. The molecule has 0 aliphatic heterocycles. The lowest BCUT2D eigenvalue weighted by Gasteiger charge is -2.09. The lowest BCUT2D eigenvalue weighted by molar-refractivity contribution is -0.138. The standard InChI is InChI=1S/C10H15N3O3/c1-5-8(7(3)13(4)12-5)9(14)11-6(2)10(15)16/h6H,1-4H3,(H,11,14)(H,15,16)/t6-/m1/s1. The Morgan fingerprint density at radius 3 is 2.38 bits per heavy atom. The molecule has 0 bridgehead atoms. The van der Waals surface area contributed by atoms with Gasteiger partial charge in [0.05, 0.1) is 11.3 Å². The number of nitrogens with one attached hydrogen (secondary N) is 1. The van der Waals surface area contributed by atoms with Crippen LogP contribution in [0.3, 0.4) is 0 Å². The van der Waals surface area contributed by atoms with Crippen LogP contribution in [0.4, 0.5) is 0 Å². The van der Waals surface area contributed by atoms with E-state index in [2.05, 4.69) is 10.4 Å². The highest BCUT2D eigenvalue weighted by Crippen LogP contribution is 2.11. The van der Waals surface area contributed by atoms with Crippen molar-refractivity contribution in [3.8, 4) is 0 Å². The van der Waals surface area contributed by atoms with Crippen molar-refractivity contribution in [2.24, 2.45) is 7.05 Å². The highest BCUT2D eigenvalue weighted by molar-refractivity contribution is 5.98. The molecular formula is C10H15N3O3. The number of carbonyl (C=O) groups is 2. The number of hydrogen-bond donors (Lipinski definition) is 2. The van der Waals surface area contributed by atoms with Gasteiger partial charge >= 0.3 is 5.97 Å². The Hall–Kier alpha value is -1.85. The largest absolute Gasteiger partial charge is 0.480 e. The summed E-state index contributed by atoms with van der Waals surface area (Å²) >= 11 is 0. The van der Waals surface area contributed by atoms with Gasteiger partial charge in [-0.1, -0.05) is 0 Å². The van der Waals surface area contributed by atoms with Crippen molar-refractivity contribution in [3.05, 3.63) is 17.0 Å². The van der Waals surface area contributed by atoms with E-state index in [4.69, 9.17) is 5.11 Å². The fourth-order valence-electron chi connectivity index (χ4n) is 1.43. The van der Waals surface area contributed by atoms with E-state index < -0.39 is 17.9 Å². The lowest BCUT2D eigenvalue weighted by Crippen LogP contribution is -2.38. The van der Waals surface area contributed by atoms with Gasteiger partial charge in [0.15, 0.2) is 0 Å². The average molecular weight is 225 g/mol. The summed E-state index contributed by atoms with van der Waals surface area (Å²) in [5.41, 5.74) is 1.75. The molecule has 16 heavy (non-hydrogen) atoms. The average Bonchev–Trinajstić information content (AvgIpc) is 2.40. The molecule has 0 radical (unpaired) electrons. The summed E-state index contributed by atoms with van der Waals surface area (Å²) in [6.45, 7) is 4.90.